The molecule has 0 saturated carbocycles. The number of carbonyl (C=O) groups excluding carboxylic acids is 1. The maximum atomic E-state index is 11.8. The van der Waals surface area contributed by atoms with Crippen molar-refractivity contribution >= 4 is 17.4 Å². The van der Waals surface area contributed by atoms with Crippen LogP contribution >= 0.6 is 0 Å². The second-order valence-corrected chi connectivity index (χ2v) is 6.56. The summed E-state index contributed by atoms with van der Waals surface area (Å²) in [6, 6.07) is 10.2. The van der Waals surface area contributed by atoms with Crippen LogP contribution in [0.5, 0.6) is 0 Å². The third kappa shape index (κ3) is 3.64. The van der Waals surface area contributed by atoms with E-state index in [1.807, 2.05) is 23.1 Å². The molecule has 1 aromatic heterocycles. The Labute approximate surface area is 147 Å². The van der Waals surface area contributed by atoms with E-state index in [2.05, 4.69) is 27.4 Å². The third-order valence-corrected chi connectivity index (χ3v) is 4.83. The van der Waals surface area contributed by atoms with Crippen LogP contribution in [0.3, 0.4) is 0 Å². The summed E-state index contributed by atoms with van der Waals surface area (Å²) in [4.78, 5) is 22.3. The van der Waals surface area contributed by atoms with E-state index in [0.29, 0.717) is 18.9 Å². The first kappa shape index (κ1) is 16.0. The van der Waals surface area contributed by atoms with E-state index in [0.717, 1.165) is 55.4 Å². The van der Waals surface area contributed by atoms with Gasteiger partial charge in [0, 0.05) is 43.8 Å². The van der Waals surface area contributed by atoms with Crippen LogP contribution in [0.4, 0.5) is 11.5 Å². The number of ether oxygens (including phenoxy) is 1. The molecular weight excluding hydrogens is 316 g/mol. The predicted molar refractivity (Wildman–Crippen MR) is 95.6 cm³/mol. The Balaban J connectivity index is 1.38. The van der Waals surface area contributed by atoms with Crippen molar-refractivity contribution in [3.05, 3.63) is 47.9 Å². The molecule has 25 heavy (non-hydrogen) atoms. The Hall–Kier alpha value is -2.47. The lowest BCUT2D eigenvalue weighted by Gasteiger charge is -2.16. The molecule has 3 heterocycles. The molecule has 2 fully saturated rings. The number of anilines is 2. The topological polar surface area (TPSA) is 67.4 Å². The molecular formula is C19H22N4O2. The molecule has 4 rings (SSSR count). The molecule has 2 aliphatic rings. The minimum atomic E-state index is 0.218. The molecule has 0 aliphatic carbocycles. The van der Waals surface area contributed by atoms with Gasteiger partial charge in [0.05, 0.1) is 12.3 Å². The van der Waals surface area contributed by atoms with Crippen molar-refractivity contribution in [3.8, 4) is 0 Å². The maximum absolute atomic E-state index is 11.8. The lowest BCUT2D eigenvalue weighted by molar-refractivity contribution is -0.117. The van der Waals surface area contributed by atoms with Crippen LogP contribution in [0.2, 0.25) is 0 Å². The second kappa shape index (κ2) is 7.19. The first-order valence-electron chi connectivity index (χ1n) is 8.82. The van der Waals surface area contributed by atoms with E-state index >= 15 is 0 Å². The van der Waals surface area contributed by atoms with Gasteiger partial charge in [-0.2, -0.15) is 0 Å². The normalized spacial score (nSPS) is 20.2. The van der Waals surface area contributed by atoms with Crippen molar-refractivity contribution in [2.45, 2.75) is 31.7 Å². The van der Waals surface area contributed by atoms with Crippen molar-refractivity contribution in [1.29, 1.82) is 0 Å². The van der Waals surface area contributed by atoms with Crippen LogP contribution in [-0.4, -0.2) is 35.6 Å². The largest absolute Gasteiger partial charge is 0.381 e. The zero-order valence-electron chi connectivity index (χ0n) is 14.1. The van der Waals surface area contributed by atoms with Crippen molar-refractivity contribution in [3.63, 3.8) is 0 Å². The average molecular weight is 338 g/mol. The monoisotopic (exact) mass is 338 g/mol. The highest BCUT2D eigenvalue weighted by atomic mass is 16.5. The Kier molecular flexibility index (Phi) is 4.61. The van der Waals surface area contributed by atoms with E-state index < -0.39 is 0 Å². The molecule has 1 aromatic carbocycles. The molecule has 1 atom stereocenters. The molecule has 2 aliphatic heterocycles. The van der Waals surface area contributed by atoms with Crippen LogP contribution < -0.4 is 10.2 Å². The Morgan fingerprint density at radius 3 is 2.84 bits per heavy atom. The number of nitrogens with one attached hydrogen (secondary N) is 1. The van der Waals surface area contributed by atoms with E-state index in [9.17, 15) is 4.79 Å². The summed E-state index contributed by atoms with van der Waals surface area (Å²) in [5.74, 6) is 1.42. The number of nitrogens with zero attached hydrogens (tertiary/aromatic N) is 3. The van der Waals surface area contributed by atoms with Gasteiger partial charge in [-0.15, -0.1) is 0 Å². The number of hydrogen-bond acceptors (Lipinski definition) is 5. The third-order valence-electron chi connectivity index (χ3n) is 4.83. The Morgan fingerprint density at radius 2 is 2.12 bits per heavy atom. The highest BCUT2D eigenvalue weighted by Crippen LogP contribution is 2.25. The molecule has 1 amide bonds. The molecule has 0 bridgehead atoms. The van der Waals surface area contributed by atoms with Gasteiger partial charge in [0.1, 0.15) is 12.1 Å². The van der Waals surface area contributed by atoms with E-state index in [1.54, 1.807) is 6.33 Å². The van der Waals surface area contributed by atoms with Crippen molar-refractivity contribution in [2.24, 2.45) is 0 Å². The number of benzene rings is 1. The van der Waals surface area contributed by atoms with Crippen molar-refractivity contribution in [1.82, 2.24) is 9.97 Å². The van der Waals surface area contributed by atoms with Gasteiger partial charge in [-0.05, 0) is 30.5 Å². The molecule has 0 spiro atoms. The van der Waals surface area contributed by atoms with Crippen LogP contribution in [0.15, 0.2) is 36.7 Å². The number of hydrogen-bond donors (Lipinski definition) is 1. The lowest BCUT2D eigenvalue weighted by Crippen LogP contribution is -2.23. The van der Waals surface area contributed by atoms with Gasteiger partial charge >= 0.3 is 0 Å². The summed E-state index contributed by atoms with van der Waals surface area (Å²) in [6.07, 6.45) is 4.24. The van der Waals surface area contributed by atoms with Gasteiger partial charge in [0.15, 0.2) is 0 Å². The maximum Gasteiger partial charge on any atom is 0.227 e. The highest BCUT2D eigenvalue weighted by molar-refractivity contribution is 5.95. The predicted octanol–water partition coefficient (Wildman–Crippen LogP) is 2.72. The molecule has 2 saturated heterocycles. The van der Waals surface area contributed by atoms with Gasteiger partial charge in [-0.1, -0.05) is 12.1 Å². The van der Waals surface area contributed by atoms with Crippen LogP contribution in [0.25, 0.3) is 0 Å². The van der Waals surface area contributed by atoms with E-state index in [1.165, 1.54) is 0 Å². The summed E-state index contributed by atoms with van der Waals surface area (Å²) in [5, 5.41) is 3.35. The molecule has 130 valence electrons. The Bertz CT molecular complexity index is 741. The number of rotatable bonds is 5. The van der Waals surface area contributed by atoms with Crippen LogP contribution in [-0.2, 0) is 16.1 Å². The SMILES string of the molecule is O=C1CCCN1c1ccc(CNc2cc(C3CCOC3)ncn2)cc1. The fraction of sp³-hybridized carbons (Fsp3) is 0.421. The van der Waals surface area contributed by atoms with Gasteiger partial charge in [-0.3, -0.25) is 4.79 Å². The summed E-state index contributed by atoms with van der Waals surface area (Å²) in [7, 11) is 0. The molecule has 0 radical (unpaired) electrons. The minimum Gasteiger partial charge on any atom is -0.381 e. The number of amides is 1. The quantitative estimate of drug-likeness (QED) is 0.908. The molecule has 1 unspecified atom stereocenters. The zero-order valence-corrected chi connectivity index (χ0v) is 14.1. The fourth-order valence-electron chi connectivity index (χ4n) is 3.37. The first-order valence-corrected chi connectivity index (χ1v) is 8.82. The first-order chi connectivity index (χ1) is 12.3. The molecule has 1 N–H and O–H groups in total. The lowest BCUT2D eigenvalue weighted by atomic mass is 10.1. The Morgan fingerprint density at radius 1 is 1.24 bits per heavy atom. The summed E-state index contributed by atoms with van der Waals surface area (Å²) in [5.41, 5.74) is 3.18. The standard InChI is InChI=1S/C19H22N4O2/c24-19-2-1-8-23(19)16-5-3-14(4-6-16)11-20-18-10-17(21-13-22-18)15-7-9-25-12-15/h3-6,10,13,15H,1-2,7-9,11-12H2,(H,20,21,22). The summed E-state index contributed by atoms with van der Waals surface area (Å²) in [6.45, 7) is 3.06. The smallest absolute Gasteiger partial charge is 0.227 e. The summed E-state index contributed by atoms with van der Waals surface area (Å²) < 4.78 is 5.43. The zero-order chi connectivity index (χ0) is 17.1. The van der Waals surface area contributed by atoms with E-state index in [4.69, 9.17) is 4.74 Å². The van der Waals surface area contributed by atoms with E-state index in [-0.39, 0.29) is 5.91 Å². The molecule has 6 heteroatoms. The van der Waals surface area contributed by atoms with Crippen molar-refractivity contribution in [2.75, 3.05) is 30.0 Å². The van der Waals surface area contributed by atoms with Crippen LogP contribution in [0, 0.1) is 0 Å². The average Bonchev–Trinajstić information content (AvgIpc) is 3.32. The molecule has 6 nitrogen and oxygen atoms in total. The minimum absolute atomic E-state index is 0.218. The van der Waals surface area contributed by atoms with Crippen LogP contribution in [0.1, 0.15) is 36.4 Å². The van der Waals surface area contributed by atoms with Gasteiger partial charge < -0.3 is 15.0 Å². The summed E-state index contributed by atoms with van der Waals surface area (Å²) >= 11 is 0. The molecule has 2 aromatic rings. The highest BCUT2D eigenvalue weighted by Gasteiger charge is 2.21. The van der Waals surface area contributed by atoms with Gasteiger partial charge in [0.25, 0.3) is 0 Å². The number of aromatic nitrogens is 2. The van der Waals surface area contributed by atoms with Gasteiger partial charge in [-0.25, -0.2) is 9.97 Å². The fourth-order valence-corrected chi connectivity index (χ4v) is 3.37. The van der Waals surface area contributed by atoms with Crippen molar-refractivity contribution < 1.29 is 9.53 Å². The second-order valence-electron chi connectivity index (χ2n) is 6.56. The number of carbonyl (C=O) groups is 1. The van der Waals surface area contributed by atoms with Gasteiger partial charge in [0.2, 0.25) is 5.91 Å².